The summed E-state index contributed by atoms with van der Waals surface area (Å²) in [6.07, 6.45) is 1.72. The monoisotopic (exact) mass is 399 g/mol. The van der Waals surface area contributed by atoms with E-state index in [1.807, 2.05) is 54.6 Å². The number of aliphatic hydroxyl groups is 1. The third-order valence-electron chi connectivity index (χ3n) is 5.65. The Hall–Kier alpha value is -3.24. The van der Waals surface area contributed by atoms with Gasteiger partial charge in [0.25, 0.3) is 5.91 Å². The molecule has 0 saturated heterocycles. The average Bonchev–Trinajstić information content (AvgIpc) is 2.97. The second kappa shape index (κ2) is 8.25. The summed E-state index contributed by atoms with van der Waals surface area (Å²) in [6, 6.07) is 24.2. The van der Waals surface area contributed by atoms with E-state index in [-0.39, 0.29) is 12.2 Å². The van der Waals surface area contributed by atoms with Crippen LogP contribution < -0.4 is 4.90 Å². The predicted molar refractivity (Wildman–Crippen MR) is 117 cm³/mol. The second-order valence-corrected chi connectivity index (χ2v) is 7.80. The van der Waals surface area contributed by atoms with Crippen molar-refractivity contribution in [3.63, 3.8) is 0 Å². The van der Waals surface area contributed by atoms with Crippen LogP contribution in [0.3, 0.4) is 0 Å². The molecule has 1 atom stereocenters. The Bertz CT molecular complexity index is 1060. The zero-order valence-electron chi connectivity index (χ0n) is 17.0. The number of nitrogens with zero attached hydrogens (tertiary/aromatic N) is 1. The Kier molecular flexibility index (Phi) is 5.51. The third kappa shape index (κ3) is 3.66. The number of hydrogen-bond acceptors (Lipinski definition) is 3. The lowest BCUT2D eigenvalue weighted by Gasteiger charge is -2.23. The van der Waals surface area contributed by atoms with Crippen LogP contribution >= 0.6 is 0 Å². The van der Waals surface area contributed by atoms with E-state index in [0.717, 1.165) is 18.4 Å². The fourth-order valence-electron chi connectivity index (χ4n) is 4.08. The van der Waals surface area contributed by atoms with Gasteiger partial charge in [0.15, 0.2) is 11.4 Å². The first-order valence-corrected chi connectivity index (χ1v) is 10.3. The average molecular weight is 399 g/mol. The summed E-state index contributed by atoms with van der Waals surface area (Å²) >= 11 is 0. The first kappa shape index (κ1) is 20.0. The summed E-state index contributed by atoms with van der Waals surface area (Å²) in [6.45, 7) is 2.46. The number of fused-ring (bicyclic) bond motifs is 1. The van der Waals surface area contributed by atoms with E-state index in [2.05, 4.69) is 6.92 Å². The van der Waals surface area contributed by atoms with Gasteiger partial charge in [0, 0.05) is 11.1 Å². The molecule has 1 aliphatic rings. The summed E-state index contributed by atoms with van der Waals surface area (Å²) in [4.78, 5) is 27.9. The molecule has 1 heterocycles. The van der Waals surface area contributed by atoms with Crippen LogP contribution in [0.25, 0.3) is 0 Å². The highest BCUT2D eigenvalue weighted by Gasteiger charge is 2.50. The zero-order valence-corrected chi connectivity index (χ0v) is 17.0. The van der Waals surface area contributed by atoms with Gasteiger partial charge in [-0.3, -0.25) is 9.59 Å². The molecule has 1 amide bonds. The molecule has 0 radical (unpaired) electrons. The van der Waals surface area contributed by atoms with Crippen molar-refractivity contribution < 1.29 is 14.7 Å². The van der Waals surface area contributed by atoms with Gasteiger partial charge in [-0.15, -0.1) is 0 Å². The molecule has 0 spiro atoms. The minimum Gasteiger partial charge on any atom is -0.375 e. The number of rotatable bonds is 7. The summed E-state index contributed by atoms with van der Waals surface area (Å²) in [5.41, 5.74) is 1.92. The van der Waals surface area contributed by atoms with Crippen molar-refractivity contribution in [1.82, 2.24) is 0 Å². The van der Waals surface area contributed by atoms with Crippen LogP contribution in [0.2, 0.25) is 0 Å². The van der Waals surface area contributed by atoms with Gasteiger partial charge in [-0.2, -0.15) is 0 Å². The highest BCUT2D eigenvalue weighted by Crippen LogP contribution is 2.43. The smallest absolute Gasteiger partial charge is 0.264 e. The van der Waals surface area contributed by atoms with E-state index >= 15 is 0 Å². The van der Waals surface area contributed by atoms with Crippen LogP contribution in [-0.4, -0.2) is 16.8 Å². The Morgan fingerprint density at radius 2 is 1.57 bits per heavy atom. The fraction of sp³-hybridized carbons (Fsp3) is 0.231. The molecule has 3 aromatic rings. The maximum absolute atomic E-state index is 13.3. The summed E-state index contributed by atoms with van der Waals surface area (Å²) in [7, 11) is 0. The topological polar surface area (TPSA) is 57.6 Å². The van der Waals surface area contributed by atoms with Crippen LogP contribution in [0.1, 0.15) is 46.8 Å². The summed E-state index contributed by atoms with van der Waals surface area (Å²) < 4.78 is 0. The minimum absolute atomic E-state index is 0.245. The Balaban J connectivity index is 1.62. The van der Waals surface area contributed by atoms with Gasteiger partial charge in [0.2, 0.25) is 0 Å². The molecular formula is C26H25NO3. The quantitative estimate of drug-likeness (QED) is 0.589. The maximum Gasteiger partial charge on any atom is 0.264 e. The van der Waals surface area contributed by atoms with Crippen LogP contribution in [0.5, 0.6) is 0 Å². The molecule has 0 fully saturated rings. The van der Waals surface area contributed by atoms with E-state index in [9.17, 15) is 14.7 Å². The van der Waals surface area contributed by atoms with E-state index < -0.39 is 11.5 Å². The van der Waals surface area contributed by atoms with Crippen molar-refractivity contribution >= 4 is 17.4 Å². The molecule has 152 valence electrons. The Labute approximate surface area is 176 Å². The molecule has 3 aromatic carbocycles. The third-order valence-corrected chi connectivity index (χ3v) is 5.65. The second-order valence-electron chi connectivity index (χ2n) is 7.80. The molecule has 0 aliphatic carbocycles. The van der Waals surface area contributed by atoms with E-state index in [4.69, 9.17) is 0 Å². The van der Waals surface area contributed by atoms with Crippen LogP contribution in [-0.2, 0) is 23.4 Å². The van der Waals surface area contributed by atoms with Crippen molar-refractivity contribution in [2.45, 2.75) is 38.3 Å². The predicted octanol–water partition coefficient (Wildman–Crippen LogP) is 4.65. The van der Waals surface area contributed by atoms with Gasteiger partial charge >= 0.3 is 0 Å². The minimum atomic E-state index is -1.86. The van der Waals surface area contributed by atoms with Gasteiger partial charge in [-0.1, -0.05) is 86.1 Å². The summed E-state index contributed by atoms with van der Waals surface area (Å²) in [5, 5.41) is 11.4. The van der Waals surface area contributed by atoms with Crippen molar-refractivity contribution in [3.8, 4) is 0 Å². The molecule has 1 aliphatic heterocycles. The lowest BCUT2D eigenvalue weighted by atomic mass is 9.88. The normalized spacial score (nSPS) is 17.8. The van der Waals surface area contributed by atoms with E-state index in [1.165, 1.54) is 5.56 Å². The number of Topliss-reactive ketones (excluding diaryl/α,β-unsaturated/α-hetero) is 1. The lowest BCUT2D eigenvalue weighted by Crippen LogP contribution is -2.41. The molecule has 0 aromatic heterocycles. The fourth-order valence-corrected chi connectivity index (χ4v) is 4.08. The van der Waals surface area contributed by atoms with Gasteiger partial charge in [0.1, 0.15) is 0 Å². The summed E-state index contributed by atoms with van der Waals surface area (Å²) in [5.74, 6) is -0.700. The Morgan fingerprint density at radius 3 is 2.27 bits per heavy atom. The molecule has 0 unspecified atom stereocenters. The first-order valence-electron chi connectivity index (χ1n) is 10.3. The van der Waals surface area contributed by atoms with Gasteiger partial charge < -0.3 is 10.0 Å². The molecule has 30 heavy (non-hydrogen) atoms. The highest BCUT2D eigenvalue weighted by molar-refractivity contribution is 6.10. The number of hydrogen-bond donors (Lipinski definition) is 1. The SMILES string of the molecule is CCCc1ccc(C(=O)C[C@@]2(O)C(=O)N(Cc3ccccc3)c3ccccc32)cc1. The van der Waals surface area contributed by atoms with Crippen LogP contribution in [0.4, 0.5) is 5.69 Å². The van der Waals surface area contributed by atoms with Crippen molar-refractivity contribution in [2.75, 3.05) is 4.90 Å². The largest absolute Gasteiger partial charge is 0.375 e. The number of benzene rings is 3. The number of ketones is 1. The number of para-hydroxylation sites is 1. The van der Waals surface area contributed by atoms with E-state index in [0.29, 0.717) is 23.4 Å². The molecule has 4 heteroatoms. The lowest BCUT2D eigenvalue weighted by molar-refractivity contribution is -0.136. The first-order chi connectivity index (χ1) is 14.5. The van der Waals surface area contributed by atoms with Gasteiger partial charge in [-0.25, -0.2) is 0 Å². The molecule has 0 saturated carbocycles. The maximum atomic E-state index is 13.3. The standard InChI is InChI=1S/C26H25NO3/c1-2-8-19-13-15-21(16-14-19)24(28)17-26(30)22-11-6-7-12-23(22)27(25(26)29)18-20-9-4-3-5-10-20/h3-7,9-16,30H,2,8,17-18H2,1H3/t26-/m0/s1. The highest BCUT2D eigenvalue weighted by atomic mass is 16.3. The number of carbonyl (C=O) groups excluding carboxylic acids is 2. The molecule has 0 bridgehead atoms. The van der Waals surface area contributed by atoms with Crippen LogP contribution in [0, 0.1) is 0 Å². The number of carbonyl (C=O) groups is 2. The number of anilines is 1. The Morgan fingerprint density at radius 1 is 0.900 bits per heavy atom. The van der Waals surface area contributed by atoms with Crippen molar-refractivity contribution in [3.05, 3.63) is 101 Å². The number of aryl methyl sites for hydroxylation is 1. The molecule has 4 rings (SSSR count). The van der Waals surface area contributed by atoms with Crippen molar-refractivity contribution in [1.29, 1.82) is 0 Å². The molecule has 4 nitrogen and oxygen atoms in total. The molecular weight excluding hydrogens is 374 g/mol. The zero-order chi connectivity index (χ0) is 21.1. The van der Waals surface area contributed by atoms with Crippen LogP contribution in [0.15, 0.2) is 78.9 Å². The van der Waals surface area contributed by atoms with Gasteiger partial charge in [-0.05, 0) is 23.6 Å². The van der Waals surface area contributed by atoms with Crippen molar-refractivity contribution in [2.24, 2.45) is 0 Å². The number of amides is 1. The van der Waals surface area contributed by atoms with E-state index in [1.54, 1.807) is 29.2 Å². The van der Waals surface area contributed by atoms with Gasteiger partial charge in [0.05, 0.1) is 18.7 Å². The molecule has 1 N–H and O–H groups in total.